The van der Waals surface area contributed by atoms with Crippen LogP contribution in [-0.4, -0.2) is 15.0 Å². The maximum Gasteiger partial charge on any atom is 0.130 e. The van der Waals surface area contributed by atoms with Crippen LogP contribution in [0.25, 0.3) is 22.0 Å². The molecule has 0 aliphatic carbocycles. The molecule has 18 heavy (non-hydrogen) atoms. The summed E-state index contributed by atoms with van der Waals surface area (Å²) >= 11 is 0. The molecule has 0 amide bonds. The van der Waals surface area contributed by atoms with E-state index in [4.69, 9.17) is 5.73 Å². The van der Waals surface area contributed by atoms with Crippen molar-refractivity contribution in [3.05, 3.63) is 48.5 Å². The van der Waals surface area contributed by atoms with E-state index in [2.05, 4.69) is 15.0 Å². The number of pyridine rings is 1. The second kappa shape index (κ2) is 4.07. The highest BCUT2D eigenvalue weighted by Crippen LogP contribution is 2.29. The van der Waals surface area contributed by atoms with Gasteiger partial charge in [-0.2, -0.15) is 0 Å². The summed E-state index contributed by atoms with van der Waals surface area (Å²) in [6.07, 6.45) is 5.13. The molecule has 3 rings (SSSR count). The molecule has 0 saturated carbocycles. The Bertz CT molecular complexity index is 717. The van der Waals surface area contributed by atoms with E-state index in [0.717, 1.165) is 27.6 Å². The Kier molecular flexibility index (Phi) is 2.41. The number of hydrogen-bond donors (Lipinski definition) is 1. The first-order valence-corrected chi connectivity index (χ1v) is 5.67. The van der Waals surface area contributed by atoms with Gasteiger partial charge in [0, 0.05) is 28.9 Å². The number of hydrogen-bond acceptors (Lipinski definition) is 4. The fourth-order valence-electron chi connectivity index (χ4n) is 2.06. The number of aromatic nitrogens is 3. The van der Waals surface area contributed by atoms with Gasteiger partial charge in [-0.05, 0) is 18.4 Å². The summed E-state index contributed by atoms with van der Waals surface area (Å²) in [7, 11) is 0. The molecule has 0 aliphatic rings. The average molecular weight is 236 g/mol. The van der Waals surface area contributed by atoms with Gasteiger partial charge in [0.05, 0.1) is 5.69 Å². The van der Waals surface area contributed by atoms with Gasteiger partial charge in [0.15, 0.2) is 0 Å². The topological polar surface area (TPSA) is 64.7 Å². The van der Waals surface area contributed by atoms with E-state index in [-0.39, 0.29) is 0 Å². The van der Waals surface area contributed by atoms with Crippen molar-refractivity contribution in [1.82, 2.24) is 15.0 Å². The van der Waals surface area contributed by atoms with E-state index in [0.29, 0.717) is 5.82 Å². The van der Waals surface area contributed by atoms with E-state index in [1.54, 1.807) is 6.20 Å². The zero-order valence-corrected chi connectivity index (χ0v) is 9.96. The second-order valence-corrected chi connectivity index (χ2v) is 4.13. The lowest BCUT2D eigenvalue weighted by Crippen LogP contribution is -1.98. The highest BCUT2D eigenvalue weighted by Gasteiger charge is 2.09. The fourth-order valence-corrected chi connectivity index (χ4v) is 2.06. The number of nitrogens with zero attached hydrogens (tertiary/aromatic N) is 3. The predicted octanol–water partition coefficient (Wildman–Crippen LogP) is 2.58. The highest BCUT2D eigenvalue weighted by molar-refractivity contribution is 5.96. The minimum Gasteiger partial charge on any atom is -0.383 e. The molecule has 2 N–H and O–H groups in total. The number of anilines is 1. The summed E-state index contributed by atoms with van der Waals surface area (Å²) < 4.78 is 0. The van der Waals surface area contributed by atoms with E-state index in [1.807, 2.05) is 37.4 Å². The molecule has 0 fully saturated rings. The Labute approximate surface area is 105 Å². The number of fused-ring (bicyclic) bond motifs is 1. The molecule has 0 atom stereocenters. The minimum absolute atomic E-state index is 0.519. The maximum atomic E-state index is 5.84. The van der Waals surface area contributed by atoms with Crippen LogP contribution in [0.2, 0.25) is 0 Å². The lowest BCUT2D eigenvalue weighted by Gasteiger charge is -2.09. The average Bonchev–Trinajstić information content (AvgIpc) is 2.41. The zero-order valence-electron chi connectivity index (χ0n) is 9.96. The number of nitrogens with two attached hydrogens (primary N) is 1. The van der Waals surface area contributed by atoms with Crippen molar-refractivity contribution >= 4 is 16.6 Å². The van der Waals surface area contributed by atoms with Gasteiger partial charge in [-0.25, -0.2) is 9.97 Å². The van der Waals surface area contributed by atoms with E-state index < -0.39 is 0 Å². The molecule has 0 saturated heterocycles. The molecule has 2 heterocycles. The van der Waals surface area contributed by atoms with Gasteiger partial charge >= 0.3 is 0 Å². The monoisotopic (exact) mass is 236 g/mol. The van der Waals surface area contributed by atoms with Crippen LogP contribution < -0.4 is 5.73 Å². The molecule has 88 valence electrons. The third kappa shape index (κ3) is 1.59. The Balaban J connectivity index is 2.35. The smallest absolute Gasteiger partial charge is 0.130 e. The predicted molar refractivity (Wildman–Crippen MR) is 71.9 cm³/mol. The van der Waals surface area contributed by atoms with Crippen molar-refractivity contribution < 1.29 is 0 Å². The van der Waals surface area contributed by atoms with Gasteiger partial charge in [-0.3, -0.25) is 4.98 Å². The summed E-state index contributed by atoms with van der Waals surface area (Å²) in [4.78, 5) is 12.5. The van der Waals surface area contributed by atoms with Gasteiger partial charge in [-0.15, -0.1) is 0 Å². The molecule has 2 aromatic heterocycles. The summed E-state index contributed by atoms with van der Waals surface area (Å²) in [5.74, 6) is 0.519. The summed E-state index contributed by atoms with van der Waals surface area (Å²) in [6.45, 7) is 1.94. The van der Waals surface area contributed by atoms with E-state index in [9.17, 15) is 0 Å². The van der Waals surface area contributed by atoms with Crippen LogP contribution in [0.15, 0.2) is 43.0 Å². The van der Waals surface area contributed by atoms with Crippen molar-refractivity contribution in [2.45, 2.75) is 6.92 Å². The third-order valence-electron chi connectivity index (χ3n) is 3.06. The van der Waals surface area contributed by atoms with Gasteiger partial charge in [0.25, 0.3) is 0 Å². The van der Waals surface area contributed by atoms with Gasteiger partial charge < -0.3 is 5.73 Å². The number of rotatable bonds is 1. The normalized spacial score (nSPS) is 10.7. The van der Waals surface area contributed by atoms with Crippen molar-refractivity contribution in [1.29, 1.82) is 0 Å². The summed E-state index contributed by atoms with van der Waals surface area (Å²) in [5.41, 5.74) is 8.67. The zero-order chi connectivity index (χ0) is 12.5. The molecular formula is C14H12N4. The quantitative estimate of drug-likeness (QED) is 0.705. The third-order valence-corrected chi connectivity index (χ3v) is 3.06. The van der Waals surface area contributed by atoms with E-state index in [1.165, 1.54) is 6.33 Å². The number of benzene rings is 1. The minimum atomic E-state index is 0.519. The molecule has 4 nitrogen and oxygen atoms in total. The van der Waals surface area contributed by atoms with Crippen LogP contribution in [0.5, 0.6) is 0 Å². The van der Waals surface area contributed by atoms with Gasteiger partial charge in [0.1, 0.15) is 12.1 Å². The summed E-state index contributed by atoms with van der Waals surface area (Å²) in [5, 5.41) is 2.21. The molecule has 0 unspecified atom stereocenters. The lowest BCUT2D eigenvalue weighted by atomic mass is 10.0. The second-order valence-electron chi connectivity index (χ2n) is 4.13. The standard InChI is InChI=1S/C14H12N4/c1-9-13(17-8-18-14(9)15)12-4-2-3-10-7-16-6-5-11(10)12/h2-8H,1H3,(H2,15,17,18). The molecule has 0 spiro atoms. The van der Waals surface area contributed by atoms with E-state index >= 15 is 0 Å². The lowest BCUT2D eigenvalue weighted by molar-refractivity contribution is 1.15. The van der Waals surface area contributed by atoms with Crippen LogP contribution in [-0.2, 0) is 0 Å². The fraction of sp³-hybridized carbons (Fsp3) is 0.0714. The van der Waals surface area contributed by atoms with Crippen LogP contribution in [0.4, 0.5) is 5.82 Å². The first-order valence-electron chi connectivity index (χ1n) is 5.67. The van der Waals surface area contributed by atoms with Crippen LogP contribution >= 0.6 is 0 Å². The Morgan fingerprint density at radius 2 is 2.00 bits per heavy atom. The highest BCUT2D eigenvalue weighted by atomic mass is 14.9. The Morgan fingerprint density at radius 3 is 2.89 bits per heavy atom. The van der Waals surface area contributed by atoms with Crippen molar-refractivity contribution in [2.75, 3.05) is 5.73 Å². The van der Waals surface area contributed by atoms with Crippen molar-refractivity contribution in [3.8, 4) is 11.3 Å². The van der Waals surface area contributed by atoms with Gasteiger partial charge in [-0.1, -0.05) is 18.2 Å². The molecule has 3 aromatic rings. The largest absolute Gasteiger partial charge is 0.383 e. The summed E-state index contributed by atoms with van der Waals surface area (Å²) in [6, 6.07) is 8.06. The van der Waals surface area contributed by atoms with Crippen LogP contribution in [0.3, 0.4) is 0 Å². The van der Waals surface area contributed by atoms with Crippen LogP contribution in [0.1, 0.15) is 5.56 Å². The van der Waals surface area contributed by atoms with Crippen molar-refractivity contribution in [2.24, 2.45) is 0 Å². The first kappa shape index (κ1) is 10.7. The van der Waals surface area contributed by atoms with Crippen LogP contribution in [0, 0.1) is 6.92 Å². The SMILES string of the molecule is Cc1c(N)ncnc1-c1cccc2cnccc12. The maximum absolute atomic E-state index is 5.84. The van der Waals surface area contributed by atoms with Gasteiger partial charge in [0.2, 0.25) is 0 Å². The first-order chi connectivity index (χ1) is 8.77. The Morgan fingerprint density at radius 1 is 1.11 bits per heavy atom. The Hall–Kier alpha value is -2.49. The molecule has 4 heteroatoms. The molecular weight excluding hydrogens is 224 g/mol. The molecule has 0 radical (unpaired) electrons. The molecule has 1 aromatic carbocycles. The molecule has 0 aliphatic heterocycles. The number of nitrogen functional groups attached to an aromatic ring is 1. The molecule has 0 bridgehead atoms. The van der Waals surface area contributed by atoms with Crippen molar-refractivity contribution in [3.63, 3.8) is 0 Å².